The summed E-state index contributed by atoms with van der Waals surface area (Å²) in [6, 6.07) is 3.35. The number of ether oxygens (including phenoxy) is 1. The van der Waals surface area contributed by atoms with Crippen LogP contribution in [0.25, 0.3) is 0 Å². The zero-order valence-corrected chi connectivity index (χ0v) is 14.6. The molecule has 0 aromatic heterocycles. The van der Waals surface area contributed by atoms with E-state index in [0.29, 0.717) is 10.6 Å². The van der Waals surface area contributed by atoms with E-state index in [-0.39, 0.29) is 10.8 Å². The lowest BCUT2D eigenvalue weighted by atomic mass is 9.99. The Balaban J connectivity index is 2.24. The molecule has 0 unspecified atom stereocenters. The van der Waals surface area contributed by atoms with Gasteiger partial charge in [-0.3, -0.25) is 4.90 Å². The average molecular weight is 347 g/mol. The topological polar surface area (TPSA) is 72.6 Å². The first-order valence-corrected chi connectivity index (χ1v) is 9.37. The summed E-state index contributed by atoms with van der Waals surface area (Å²) in [4.78, 5) is 2.45. The second-order valence-corrected chi connectivity index (χ2v) is 7.76. The first-order valence-electron chi connectivity index (χ1n) is 7.45. The summed E-state index contributed by atoms with van der Waals surface area (Å²) in [6.07, 6.45) is 0.781. The Bertz CT molecular complexity index is 626. The van der Waals surface area contributed by atoms with Crippen molar-refractivity contribution in [3.8, 4) is 0 Å². The van der Waals surface area contributed by atoms with Gasteiger partial charge in [0.2, 0.25) is 10.0 Å². The third-order valence-electron chi connectivity index (χ3n) is 3.90. The van der Waals surface area contributed by atoms with Crippen LogP contribution in [0.1, 0.15) is 30.9 Å². The van der Waals surface area contributed by atoms with Gasteiger partial charge in [-0.2, -0.15) is 0 Å². The van der Waals surface area contributed by atoms with Crippen LogP contribution >= 0.6 is 11.6 Å². The lowest BCUT2D eigenvalue weighted by Gasteiger charge is -2.27. The number of nitrogens with two attached hydrogens (primary N) is 1. The maximum absolute atomic E-state index is 11.7. The predicted molar refractivity (Wildman–Crippen MR) is 87.9 cm³/mol. The zero-order chi connectivity index (χ0) is 16.3. The molecule has 0 atom stereocenters. The predicted octanol–water partition coefficient (Wildman–Crippen LogP) is 1.99. The molecule has 5 nitrogen and oxygen atoms in total. The van der Waals surface area contributed by atoms with Crippen LogP contribution in [0, 0.1) is 0 Å². The molecule has 0 saturated carbocycles. The van der Waals surface area contributed by atoms with Crippen LogP contribution in [0.2, 0.25) is 5.02 Å². The summed E-state index contributed by atoms with van der Waals surface area (Å²) < 4.78 is 28.8. The van der Waals surface area contributed by atoms with Crippen molar-refractivity contribution < 1.29 is 13.2 Å². The molecule has 2 N–H and O–H groups in total. The average Bonchev–Trinajstić information content (AvgIpc) is 2.45. The van der Waals surface area contributed by atoms with E-state index in [4.69, 9.17) is 21.5 Å². The lowest BCUT2D eigenvalue weighted by Crippen LogP contribution is -2.37. The van der Waals surface area contributed by atoms with Crippen molar-refractivity contribution in [3.05, 3.63) is 28.3 Å². The lowest BCUT2D eigenvalue weighted by molar-refractivity contribution is 0.0384. The van der Waals surface area contributed by atoms with Gasteiger partial charge in [0.25, 0.3) is 0 Å². The van der Waals surface area contributed by atoms with Crippen molar-refractivity contribution in [1.29, 1.82) is 0 Å². The Morgan fingerprint density at radius 2 is 1.95 bits per heavy atom. The fourth-order valence-electron chi connectivity index (χ4n) is 2.70. The van der Waals surface area contributed by atoms with Crippen LogP contribution in [0.15, 0.2) is 17.0 Å². The summed E-state index contributed by atoms with van der Waals surface area (Å²) in [7, 11) is -3.76. The summed E-state index contributed by atoms with van der Waals surface area (Å²) in [5, 5.41) is 5.82. The molecule has 1 aliphatic heterocycles. The van der Waals surface area contributed by atoms with Crippen molar-refractivity contribution >= 4 is 21.6 Å². The van der Waals surface area contributed by atoms with E-state index in [1.807, 2.05) is 13.8 Å². The third-order valence-corrected chi connectivity index (χ3v) is 5.32. The number of halogens is 1. The molecule has 0 radical (unpaired) electrons. The van der Waals surface area contributed by atoms with E-state index in [2.05, 4.69) is 4.90 Å². The highest BCUT2D eigenvalue weighted by Gasteiger charge is 2.21. The van der Waals surface area contributed by atoms with Crippen LogP contribution in [-0.2, 0) is 21.2 Å². The van der Waals surface area contributed by atoms with Gasteiger partial charge in [0.05, 0.1) is 18.1 Å². The summed E-state index contributed by atoms with van der Waals surface area (Å²) in [6.45, 7) is 8.08. The van der Waals surface area contributed by atoms with E-state index in [0.717, 1.165) is 44.8 Å². The standard InChI is InChI=1S/C15H23ClN2O3S/c1-11(2)14-13(22(17,19)20)4-3-12(15(14)16)5-6-18-7-9-21-10-8-18/h3-4,11H,5-10H2,1-2H3,(H2,17,19,20). The molecule has 124 valence electrons. The molecule has 1 aliphatic rings. The second-order valence-electron chi connectivity index (χ2n) is 5.85. The van der Waals surface area contributed by atoms with E-state index >= 15 is 0 Å². The highest BCUT2D eigenvalue weighted by atomic mass is 35.5. The number of morpholine rings is 1. The maximum atomic E-state index is 11.7. The quantitative estimate of drug-likeness (QED) is 0.884. The van der Waals surface area contributed by atoms with Crippen LogP contribution in [0.3, 0.4) is 0 Å². The molecule has 0 spiro atoms. The van der Waals surface area contributed by atoms with Gasteiger partial charge < -0.3 is 4.74 Å². The number of rotatable bonds is 5. The number of hydrogen-bond acceptors (Lipinski definition) is 4. The largest absolute Gasteiger partial charge is 0.379 e. The minimum absolute atomic E-state index is 0.0100. The van der Waals surface area contributed by atoms with E-state index < -0.39 is 10.0 Å². The van der Waals surface area contributed by atoms with Gasteiger partial charge in [-0.15, -0.1) is 0 Å². The molecular weight excluding hydrogens is 324 g/mol. The van der Waals surface area contributed by atoms with E-state index in [1.165, 1.54) is 0 Å². The number of nitrogens with zero attached hydrogens (tertiary/aromatic N) is 1. The zero-order valence-electron chi connectivity index (χ0n) is 13.0. The van der Waals surface area contributed by atoms with Gasteiger partial charge in [0.1, 0.15) is 0 Å². The van der Waals surface area contributed by atoms with Gasteiger partial charge >= 0.3 is 0 Å². The van der Waals surface area contributed by atoms with Gasteiger partial charge in [-0.1, -0.05) is 31.5 Å². The Kier molecular flexibility index (Phi) is 5.85. The SMILES string of the molecule is CC(C)c1c(S(N)(=O)=O)ccc(CCN2CCOCC2)c1Cl. The number of benzene rings is 1. The molecule has 7 heteroatoms. The molecule has 22 heavy (non-hydrogen) atoms. The Morgan fingerprint density at radius 1 is 1.32 bits per heavy atom. The molecule has 0 aliphatic carbocycles. The highest BCUT2D eigenvalue weighted by Crippen LogP contribution is 2.33. The highest BCUT2D eigenvalue weighted by molar-refractivity contribution is 7.89. The Hall–Kier alpha value is -0.660. The minimum Gasteiger partial charge on any atom is -0.379 e. The molecular formula is C15H23ClN2O3S. The van der Waals surface area contributed by atoms with Crippen LogP contribution in [0.4, 0.5) is 0 Å². The van der Waals surface area contributed by atoms with Crippen LogP contribution in [-0.4, -0.2) is 46.2 Å². The molecule has 1 saturated heterocycles. The Morgan fingerprint density at radius 3 is 2.50 bits per heavy atom. The Labute approximate surface area is 137 Å². The monoisotopic (exact) mass is 346 g/mol. The normalized spacial score (nSPS) is 17.1. The summed E-state index contributed by atoms with van der Waals surface area (Å²) in [5.74, 6) is -0.0100. The van der Waals surface area contributed by atoms with Crippen molar-refractivity contribution in [2.24, 2.45) is 5.14 Å². The van der Waals surface area contributed by atoms with Crippen LogP contribution < -0.4 is 5.14 Å². The molecule has 0 amide bonds. The third kappa shape index (κ3) is 4.20. The number of hydrogen-bond donors (Lipinski definition) is 1. The second kappa shape index (κ2) is 7.27. The van der Waals surface area contributed by atoms with Crippen LogP contribution in [0.5, 0.6) is 0 Å². The smallest absolute Gasteiger partial charge is 0.238 e. The number of sulfonamides is 1. The maximum Gasteiger partial charge on any atom is 0.238 e. The first kappa shape index (κ1) is 17.7. The number of primary sulfonamides is 1. The fourth-order valence-corrected chi connectivity index (χ4v) is 4.14. The van der Waals surface area contributed by atoms with Gasteiger partial charge in [0, 0.05) is 24.7 Å². The summed E-state index contributed by atoms with van der Waals surface area (Å²) in [5.41, 5.74) is 1.58. The summed E-state index contributed by atoms with van der Waals surface area (Å²) >= 11 is 6.47. The van der Waals surface area contributed by atoms with Crippen molar-refractivity contribution in [3.63, 3.8) is 0 Å². The molecule has 1 heterocycles. The van der Waals surface area contributed by atoms with E-state index in [1.54, 1.807) is 12.1 Å². The van der Waals surface area contributed by atoms with Gasteiger partial charge in [-0.05, 0) is 29.5 Å². The van der Waals surface area contributed by atoms with Gasteiger partial charge in [-0.25, -0.2) is 13.6 Å². The molecule has 1 aromatic rings. The molecule has 2 rings (SSSR count). The molecule has 1 aromatic carbocycles. The molecule has 0 bridgehead atoms. The minimum atomic E-state index is -3.76. The van der Waals surface area contributed by atoms with Crippen molar-refractivity contribution in [2.45, 2.75) is 31.1 Å². The van der Waals surface area contributed by atoms with Gasteiger partial charge in [0.15, 0.2) is 0 Å². The van der Waals surface area contributed by atoms with Crippen molar-refractivity contribution in [2.75, 3.05) is 32.8 Å². The first-order chi connectivity index (χ1) is 10.3. The van der Waals surface area contributed by atoms with E-state index in [9.17, 15) is 8.42 Å². The molecule has 1 fully saturated rings. The fraction of sp³-hybridized carbons (Fsp3) is 0.600. The van der Waals surface area contributed by atoms with Crippen molar-refractivity contribution in [1.82, 2.24) is 4.90 Å².